The summed E-state index contributed by atoms with van der Waals surface area (Å²) in [6.45, 7) is 3.91. The Morgan fingerprint density at radius 1 is 0.643 bits per heavy atom. The number of aryl methyl sites for hydroxylation is 2. The summed E-state index contributed by atoms with van der Waals surface area (Å²) in [4.78, 5) is 25.2. The average molecular weight is 577 g/mol. The maximum Gasteiger partial charge on any atom is 0.233 e. The zero-order valence-corrected chi connectivity index (χ0v) is 24.3. The molecule has 3 aromatic heterocycles. The van der Waals surface area contributed by atoms with E-state index in [1.165, 1.54) is 0 Å². The van der Waals surface area contributed by atoms with Crippen molar-refractivity contribution in [3.05, 3.63) is 89.2 Å². The van der Waals surface area contributed by atoms with Crippen molar-refractivity contribution in [3.8, 4) is 0 Å². The van der Waals surface area contributed by atoms with Gasteiger partial charge in [0.05, 0.1) is 21.7 Å². The molecular weight excluding hydrogens is 548 g/mol. The van der Waals surface area contributed by atoms with Crippen molar-refractivity contribution in [2.45, 2.75) is 13.8 Å². The Bertz CT molecular complexity index is 1960. The maximum absolute atomic E-state index is 6.41. The Morgan fingerprint density at radius 3 is 1.81 bits per heavy atom. The van der Waals surface area contributed by atoms with E-state index < -0.39 is 0 Å². The average Bonchev–Trinajstić information content (AvgIpc) is 2.94. The summed E-state index contributed by atoms with van der Waals surface area (Å²) in [6, 6.07) is 23.0. The summed E-state index contributed by atoms with van der Waals surface area (Å²) in [5.74, 6) is 0.977. The van der Waals surface area contributed by atoms with Crippen LogP contribution in [0.1, 0.15) is 11.4 Å². The molecule has 0 unspecified atom stereocenters. The number of benzene rings is 3. The minimum Gasteiger partial charge on any atom is -0.398 e. The highest BCUT2D eigenvalue weighted by Crippen LogP contribution is 2.31. The smallest absolute Gasteiger partial charge is 0.233 e. The van der Waals surface area contributed by atoms with Gasteiger partial charge in [-0.15, -0.1) is 0 Å². The number of fused-ring (bicyclic) bond motifs is 2. The van der Waals surface area contributed by atoms with Crippen molar-refractivity contribution >= 4 is 79.7 Å². The predicted octanol–water partition coefficient (Wildman–Crippen LogP) is 7.12. The Labute approximate surface area is 248 Å². The van der Waals surface area contributed by atoms with Crippen LogP contribution >= 0.6 is 11.6 Å². The first-order chi connectivity index (χ1) is 20.2. The van der Waals surface area contributed by atoms with Gasteiger partial charge in [-0.2, -0.15) is 15.0 Å². The largest absolute Gasteiger partial charge is 0.398 e. The lowest BCUT2D eigenvalue weighted by atomic mass is 10.1. The van der Waals surface area contributed by atoms with Gasteiger partial charge in [0.2, 0.25) is 17.8 Å². The van der Waals surface area contributed by atoms with Gasteiger partial charge in [-0.25, -0.2) is 0 Å². The SMILES string of the molecule is Cc1cc(N)c2cc(Nc3nc(Nc4ccc5nc(C)cc(N(C)C)c5c4)nc(Nc4ccccc4Cl)n3)ccc2n1. The van der Waals surface area contributed by atoms with E-state index in [1.54, 1.807) is 6.07 Å². The Hall–Kier alpha value is -5.22. The molecule has 3 aromatic carbocycles. The zero-order valence-electron chi connectivity index (χ0n) is 23.6. The van der Waals surface area contributed by atoms with E-state index in [2.05, 4.69) is 51.8 Å². The minimum atomic E-state index is 0.313. The number of nitrogens with two attached hydrogens (primary N) is 1. The fourth-order valence-corrected chi connectivity index (χ4v) is 4.92. The van der Waals surface area contributed by atoms with Crippen LogP contribution in [-0.4, -0.2) is 39.0 Å². The molecule has 0 fully saturated rings. The van der Waals surface area contributed by atoms with E-state index in [9.17, 15) is 0 Å². The predicted molar refractivity (Wildman–Crippen MR) is 173 cm³/mol. The van der Waals surface area contributed by atoms with Crippen molar-refractivity contribution in [2.75, 3.05) is 40.7 Å². The topological polar surface area (TPSA) is 130 Å². The number of aromatic nitrogens is 5. The van der Waals surface area contributed by atoms with Crippen LogP contribution in [0.25, 0.3) is 21.8 Å². The molecule has 0 radical (unpaired) electrons. The van der Waals surface area contributed by atoms with Gasteiger partial charge in [-0.1, -0.05) is 23.7 Å². The molecule has 0 aliphatic carbocycles. The number of halogens is 1. The lowest BCUT2D eigenvalue weighted by Gasteiger charge is -2.17. The lowest BCUT2D eigenvalue weighted by Crippen LogP contribution is -2.10. The monoisotopic (exact) mass is 576 g/mol. The fraction of sp³-hybridized carbons (Fsp3) is 0.129. The zero-order chi connectivity index (χ0) is 29.4. The van der Waals surface area contributed by atoms with Crippen LogP contribution in [0.15, 0.2) is 72.8 Å². The number of pyridine rings is 2. The van der Waals surface area contributed by atoms with E-state index >= 15 is 0 Å². The third-order valence-corrected chi connectivity index (χ3v) is 6.96. The van der Waals surface area contributed by atoms with E-state index in [-0.39, 0.29) is 0 Å². The molecule has 11 heteroatoms. The van der Waals surface area contributed by atoms with Gasteiger partial charge in [0, 0.05) is 59.0 Å². The number of nitrogens with one attached hydrogen (secondary N) is 3. The molecule has 5 N–H and O–H groups in total. The van der Waals surface area contributed by atoms with Crippen LogP contribution in [0, 0.1) is 13.8 Å². The number of rotatable bonds is 7. The Kier molecular flexibility index (Phi) is 7.05. The van der Waals surface area contributed by atoms with E-state index in [4.69, 9.17) is 17.3 Å². The highest BCUT2D eigenvalue weighted by molar-refractivity contribution is 6.33. The molecule has 0 atom stereocenters. The number of anilines is 8. The molecule has 6 rings (SSSR count). The molecule has 0 amide bonds. The Balaban J connectivity index is 1.38. The van der Waals surface area contributed by atoms with E-state index in [1.807, 2.05) is 88.6 Å². The second kappa shape index (κ2) is 11.0. The van der Waals surface area contributed by atoms with Crippen molar-refractivity contribution in [1.29, 1.82) is 0 Å². The van der Waals surface area contributed by atoms with E-state index in [0.29, 0.717) is 34.2 Å². The molecule has 10 nitrogen and oxygen atoms in total. The van der Waals surface area contributed by atoms with Crippen LogP contribution in [0.5, 0.6) is 0 Å². The third kappa shape index (κ3) is 5.65. The lowest BCUT2D eigenvalue weighted by molar-refractivity contribution is 1.06. The van der Waals surface area contributed by atoms with Crippen LogP contribution in [0.4, 0.5) is 46.3 Å². The first kappa shape index (κ1) is 27.0. The maximum atomic E-state index is 6.41. The summed E-state index contributed by atoms with van der Waals surface area (Å²) < 4.78 is 0. The molecule has 0 bridgehead atoms. The second-order valence-electron chi connectivity index (χ2n) is 10.2. The number of hydrogen-bond donors (Lipinski definition) is 4. The van der Waals surface area contributed by atoms with Crippen LogP contribution < -0.4 is 26.6 Å². The van der Waals surface area contributed by atoms with Crippen LogP contribution in [0.2, 0.25) is 5.02 Å². The summed E-state index contributed by atoms with van der Waals surface area (Å²) in [7, 11) is 4.03. The quantitative estimate of drug-likeness (QED) is 0.156. The van der Waals surface area contributed by atoms with Gasteiger partial charge in [0.1, 0.15) is 0 Å². The van der Waals surface area contributed by atoms with Gasteiger partial charge in [-0.05, 0) is 74.5 Å². The highest BCUT2D eigenvalue weighted by Gasteiger charge is 2.13. The number of hydrogen-bond acceptors (Lipinski definition) is 10. The number of nitrogens with zero attached hydrogens (tertiary/aromatic N) is 6. The van der Waals surface area contributed by atoms with Crippen molar-refractivity contribution in [2.24, 2.45) is 0 Å². The first-order valence-electron chi connectivity index (χ1n) is 13.3. The number of nitrogen functional groups attached to an aromatic ring is 1. The molecule has 0 spiro atoms. The molecule has 0 aliphatic rings. The molecule has 0 saturated heterocycles. The summed E-state index contributed by atoms with van der Waals surface area (Å²) in [6.07, 6.45) is 0. The number of para-hydroxylation sites is 1. The minimum absolute atomic E-state index is 0.313. The molecular formula is C31H29ClN10. The Morgan fingerprint density at radius 2 is 1.19 bits per heavy atom. The third-order valence-electron chi connectivity index (χ3n) is 6.63. The molecule has 0 aliphatic heterocycles. The van der Waals surface area contributed by atoms with Gasteiger partial charge >= 0.3 is 0 Å². The molecule has 6 aromatic rings. The fourth-order valence-electron chi connectivity index (χ4n) is 4.74. The molecule has 210 valence electrons. The molecule has 3 heterocycles. The van der Waals surface area contributed by atoms with Crippen LogP contribution in [0.3, 0.4) is 0 Å². The van der Waals surface area contributed by atoms with Crippen molar-refractivity contribution in [3.63, 3.8) is 0 Å². The van der Waals surface area contributed by atoms with Gasteiger partial charge < -0.3 is 26.6 Å². The summed E-state index contributed by atoms with van der Waals surface area (Å²) >= 11 is 6.41. The summed E-state index contributed by atoms with van der Waals surface area (Å²) in [5, 5.41) is 12.2. The second-order valence-corrected chi connectivity index (χ2v) is 10.6. The standard InChI is InChI=1S/C31H29ClN10/c1-17-13-24(33)21-15-19(9-11-25(21)34-17)36-29-39-30(41-31(40-29)38-27-8-6-5-7-23(27)32)37-20-10-12-26-22(16-20)28(42(3)4)14-18(2)35-26/h5-16H,1-4H3,(H2,33,34)(H3,36,37,38,39,40,41). The normalized spacial score (nSPS) is 11.1. The van der Waals surface area contributed by atoms with E-state index in [0.717, 1.165) is 50.3 Å². The van der Waals surface area contributed by atoms with Crippen molar-refractivity contribution in [1.82, 2.24) is 24.9 Å². The highest BCUT2D eigenvalue weighted by atomic mass is 35.5. The van der Waals surface area contributed by atoms with Gasteiger partial charge in [0.25, 0.3) is 0 Å². The molecule has 0 saturated carbocycles. The van der Waals surface area contributed by atoms with Gasteiger partial charge in [-0.3, -0.25) is 9.97 Å². The first-order valence-corrected chi connectivity index (χ1v) is 13.7. The van der Waals surface area contributed by atoms with Crippen molar-refractivity contribution < 1.29 is 0 Å². The van der Waals surface area contributed by atoms with Crippen LogP contribution in [-0.2, 0) is 0 Å². The molecule has 42 heavy (non-hydrogen) atoms. The summed E-state index contributed by atoms with van der Waals surface area (Å²) in [5.41, 5.74) is 13.8. The van der Waals surface area contributed by atoms with Gasteiger partial charge in [0.15, 0.2) is 0 Å².